The molecule has 0 atom stereocenters. The topological polar surface area (TPSA) is 91.4 Å². The zero-order valence-corrected chi connectivity index (χ0v) is 12.2. The third kappa shape index (κ3) is 2.56. The fraction of sp³-hybridized carbons (Fsp3) is 0.333. The SMILES string of the molecule is CCOC(=O)c1cn(C2CC2)c2cc([N+](=O)[O-])c(F)cc2c1=O. The maximum atomic E-state index is 13.9. The van der Waals surface area contributed by atoms with E-state index >= 15 is 0 Å². The molecule has 1 aromatic heterocycles. The number of carbonyl (C=O) groups is 1. The van der Waals surface area contributed by atoms with Crippen LogP contribution in [0.15, 0.2) is 23.1 Å². The first-order valence-electron chi connectivity index (χ1n) is 7.14. The van der Waals surface area contributed by atoms with E-state index in [0.29, 0.717) is 0 Å². The summed E-state index contributed by atoms with van der Waals surface area (Å²) in [5, 5.41) is 10.8. The van der Waals surface area contributed by atoms with Gasteiger partial charge in [0.25, 0.3) is 0 Å². The van der Waals surface area contributed by atoms with Crippen LogP contribution in [0.25, 0.3) is 10.9 Å². The predicted molar refractivity (Wildman–Crippen MR) is 79.0 cm³/mol. The van der Waals surface area contributed by atoms with E-state index in [1.54, 1.807) is 11.5 Å². The number of carbonyl (C=O) groups excluding carboxylic acids is 1. The minimum absolute atomic E-state index is 0.0383. The number of fused-ring (bicyclic) bond motifs is 1. The number of ether oxygens (including phenoxy) is 1. The third-order valence-electron chi connectivity index (χ3n) is 3.73. The fourth-order valence-electron chi connectivity index (χ4n) is 2.51. The van der Waals surface area contributed by atoms with Gasteiger partial charge in [-0.05, 0) is 25.8 Å². The molecule has 1 heterocycles. The third-order valence-corrected chi connectivity index (χ3v) is 3.73. The Labute approximate surface area is 129 Å². The molecular weight excluding hydrogens is 307 g/mol. The summed E-state index contributed by atoms with van der Waals surface area (Å²) in [6, 6.07) is 1.90. The maximum Gasteiger partial charge on any atom is 0.343 e. The van der Waals surface area contributed by atoms with Gasteiger partial charge in [0, 0.05) is 23.7 Å². The van der Waals surface area contributed by atoms with Crippen molar-refractivity contribution in [3.8, 4) is 0 Å². The molecule has 3 rings (SSSR count). The molecule has 1 saturated carbocycles. The Morgan fingerprint density at radius 1 is 1.48 bits per heavy atom. The minimum Gasteiger partial charge on any atom is -0.462 e. The summed E-state index contributed by atoms with van der Waals surface area (Å²) >= 11 is 0. The van der Waals surface area contributed by atoms with E-state index in [-0.39, 0.29) is 29.1 Å². The molecule has 23 heavy (non-hydrogen) atoms. The molecule has 1 aliphatic carbocycles. The Kier molecular flexibility index (Phi) is 3.59. The summed E-state index contributed by atoms with van der Waals surface area (Å²) in [7, 11) is 0. The summed E-state index contributed by atoms with van der Waals surface area (Å²) in [5.74, 6) is -1.89. The van der Waals surface area contributed by atoms with Gasteiger partial charge >= 0.3 is 11.7 Å². The van der Waals surface area contributed by atoms with Gasteiger partial charge in [0.15, 0.2) is 0 Å². The van der Waals surface area contributed by atoms with Gasteiger partial charge in [-0.2, -0.15) is 4.39 Å². The van der Waals surface area contributed by atoms with Crippen molar-refractivity contribution >= 4 is 22.6 Å². The molecule has 0 amide bonds. The highest BCUT2D eigenvalue weighted by Gasteiger charge is 2.29. The summed E-state index contributed by atoms with van der Waals surface area (Å²) < 4.78 is 20.3. The van der Waals surface area contributed by atoms with Gasteiger partial charge in [0.2, 0.25) is 11.2 Å². The Morgan fingerprint density at radius 3 is 2.74 bits per heavy atom. The van der Waals surface area contributed by atoms with Crippen molar-refractivity contribution in [3.63, 3.8) is 0 Å². The van der Waals surface area contributed by atoms with Gasteiger partial charge < -0.3 is 9.30 Å². The largest absolute Gasteiger partial charge is 0.462 e. The molecule has 1 fully saturated rings. The van der Waals surface area contributed by atoms with Crippen molar-refractivity contribution < 1.29 is 18.8 Å². The van der Waals surface area contributed by atoms with Crippen LogP contribution in [0.3, 0.4) is 0 Å². The smallest absolute Gasteiger partial charge is 0.343 e. The molecule has 0 aliphatic heterocycles. The number of nitro benzene ring substituents is 1. The molecule has 8 heteroatoms. The fourth-order valence-corrected chi connectivity index (χ4v) is 2.51. The average Bonchev–Trinajstić information content (AvgIpc) is 3.32. The molecule has 0 spiro atoms. The van der Waals surface area contributed by atoms with Crippen LogP contribution in [-0.2, 0) is 4.74 Å². The zero-order chi connectivity index (χ0) is 16.7. The number of esters is 1. The molecule has 1 aromatic carbocycles. The van der Waals surface area contributed by atoms with Gasteiger partial charge in [-0.1, -0.05) is 0 Å². The van der Waals surface area contributed by atoms with Gasteiger partial charge in [-0.15, -0.1) is 0 Å². The minimum atomic E-state index is -1.11. The zero-order valence-electron chi connectivity index (χ0n) is 12.2. The van der Waals surface area contributed by atoms with E-state index in [4.69, 9.17) is 4.74 Å². The number of nitrogens with zero attached hydrogens (tertiary/aromatic N) is 2. The van der Waals surface area contributed by atoms with Crippen molar-refractivity contribution in [2.75, 3.05) is 6.61 Å². The highest BCUT2D eigenvalue weighted by molar-refractivity contribution is 5.94. The van der Waals surface area contributed by atoms with Crippen LogP contribution >= 0.6 is 0 Å². The Bertz CT molecular complexity index is 886. The molecule has 2 aromatic rings. The lowest BCUT2D eigenvalue weighted by Gasteiger charge is -2.12. The van der Waals surface area contributed by atoms with Crippen molar-refractivity contribution in [2.45, 2.75) is 25.8 Å². The lowest BCUT2D eigenvalue weighted by Crippen LogP contribution is -2.21. The van der Waals surface area contributed by atoms with Crippen LogP contribution < -0.4 is 5.43 Å². The maximum absolute atomic E-state index is 13.9. The summed E-state index contributed by atoms with van der Waals surface area (Å²) in [5.41, 5.74) is -1.34. The Balaban J connectivity index is 2.33. The van der Waals surface area contributed by atoms with Crippen LogP contribution in [0.2, 0.25) is 0 Å². The summed E-state index contributed by atoms with van der Waals surface area (Å²) in [6.45, 7) is 1.72. The van der Waals surface area contributed by atoms with Gasteiger partial charge in [0.1, 0.15) is 5.56 Å². The normalized spacial score (nSPS) is 14.0. The van der Waals surface area contributed by atoms with Gasteiger partial charge in [0.05, 0.1) is 17.0 Å². The van der Waals surface area contributed by atoms with Crippen LogP contribution in [0.1, 0.15) is 36.2 Å². The van der Waals surface area contributed by atoms with Crippen LogP contribution in [0.4, 0.5) is 10.1 Å². The number of rotatable bonds is 4. The number of hydrogen-bond acceptors (Lipinski definition) is 5. The van der Waals surface area contributed by atoms with E-state index in [1.807, 2.05) is 0 Å². The second kappa shape index (κ2) is 5.45. The molecule has 120 valence electrons. The highest BCUT2D eigenvalue weighted by atomic mass is 19.1. The second-order valence-corrected chi connectivity index (χ2v) is 5.31. The molecule has 7 nitrogen and oxygen atoms in total. The number of aromatic nitrogens is 1. The first-order valence-corrected chi connectivity index (χ1v) is 7.14. The van der Waals surface area contributed by atoms with E-state index in [9.17, 15) is 24.1 Å². The standard InChI is InChI=1S/C15H13FN2O5/c1-2-23-15(20)10-7-17(8-3-4-8)12-6-13(18(21)22)11(16)5-9(12)14(10)19/h5-8H,2-4H2,1H3. The molecule has 0 radical (unpaired) electrons. The number of benzene rings is 1. The summed E-state index contributed by atoms with van der Waals surface area (Å²) in [6.07, 6.45) is 3.00. The number of nitro groups is 1. The Hall–Kier alpha value is -2.77. The van der Waals surface area contributed by atoms with Crippen molar-refractivity contribution in [1.29, 1.82) is 0 Å². The number of hydrogen-bond donors (Lipinski definition) is 0. The average molecular weight is 320 g/mol. The Morgan fingerprint density at radius 2 is 2.17 bits per heavy atom. The first-order chi connectivity index (χ1) is 10.9. The molecule has 1 aliphatic rings. The lowest BCUT2D eigenvalue weighted by atomic mass is 10.1. The van der Waals surface area contributed by atoms with Gasteiger partial charge in [-0.25, -0.2) is 4.79 Å². The predicted octanol–water partition coefficient (Wildman–Crippen LogP) is 2.56. The van der Waals surface area contributed by atoms with E-state index in [2.05, 4.69) is 0 Å². The van der Waals surface area contributed by atoms with Crippen molar-refractivity contribution in [2.24, 2.45) is 0 Å². The van der Waals surface area contributed by atoms with Crippen molar-refractivity contribution in [1.82, 2.24) is 4.57 Å². The van der Waals surface area contributed by atoms with E-state index in [0.717, 1.165) is 25.0 Å². The monoisotopic (exact) mass is 320 g/mol. The highest BCUT2D eigenvalue weighted by Crippen LogP contribution is 2.38. The molecule has 0 unspecified atom stereocenters. The van der Waals surface area contributed by atoms with Crippen LogP contribution in [-0.4, -0.2) is 22.1 Å². The number of halogens is 1. The summed E-state index contributed by atoms with van der Waals surface area (Å²) in [4.78, 5) is 34.4. The number of pyridine rings is 1. The molecule has 0 bridgehead atoms. The molecule has 0 N–H and O–H groups in total. The first kappa shape index (κ1) is 15.1. The van der Waals surface area contributed by atoms with E-state index in [1.165, 1.54) is 6.20 Å². The van der Waals surface area contributed by atoms with Crippen molar-refractivity contribution in [3.05, 3.63) is 50.0 Å². The quantitative estimate of drug-likeness (QED) is 0.490. The molecular formula is C15H13FN2O5. The van der Waals surface area contributed by atoms with Crippen LogP contribution in [0.5, 0.6) is 0 Å². The molecule has 0 saturated heterocycles. The van der Waals surface area contributed by atoms with E-state index < -0.39 is 27.8 Å². The van der Waals surface area contributed by atoms with Gasteiger partial charge in [-0.3, -0.25) is 14.9 Å². The van der Waals surface area contributed by atoms with Crippen LogP contribution in [0, 0.1) is 15.9 Å². The second-order valence-electron chi connectivity index (χ2n) is 5.31. The lowest BCUT2D eigenvalue weighted by molar-refractivity contribution is -0.387.